The van der Waals surface area contributed by atoms with Gasteiger partial charge < -0.3 is 5.32 Å². The lowest BCUT2D eigenvalue weighted by molar-refractivity contribution is -0.121. The number of carbonyl (C=O) groups excluding carboxylic acids is 2. The molecule has 3 aromatic heterocycles. The molecule has 0 bridgehead atoms. The fraction of sp³-hybridized carbons (Fsp3) is 0.348. The summed E-state index contributed by atoms with van der Waals surface area (Å²) in [6.07, 6.45) is 3.38. The van der Waals surface area contributed by atoms with Crippen LogP contribution in [0.2, 0.25) is 0 Å². The number of anilines is 1. The van der Waals surface area contributed by atoms with E-state index in [2.05, 4.69) is 35.2 Å². The first-order chi connectivity index (χ1) is 14.4. The number of pyridine rings is 2. The molecular formula is C23H22N4O2S. The van der Waals surface area contributed by atoms with E-state index in [0.29, 0.717) is 47.9 Å². The van der Waals surface area contributed by atoms with Gasteiger partial charge in [-0.05, 0) is 43.0 Å². The second-order valence-corrected chi connectivity index (χ2v) is 9.05. The molecule has 152 valence electrons. The third kappa shape index (κ3) is 3.83. The summed E-state index contributed by atoms with van der Waals surface area (Å²) in [5.41, 5.74) is 1.51. The van der Waals surface area contributed by atoms with E-state index in [4.69, 9.17) is 0 Å². The predicted molar refractivity (Wildman–Crippen MR) is 117 cm³/mol. The quantitative estimate of drug-likeness (QED) is 0.645. The zero-order chi connectivity index (χ0) is 21.3. The molecular weight excluding hydrogens is 396 g/mol. The number of ketones is 1. The van der Waals surface area contributed by atoms with Crippen molar-refractivity contribution in [2.45, 2.75) is 50.9 Å². The van der Waals surface area contributed by atoms with Crippen molar-refractivity contribution >= 4 is 38.9 Å². The minimum atomic E-state index is -0.721. The zero-order valence-corrected chi connectivity index (χ0v) is 17.8. The molecule has 1 fully saturated rings. The van der Waals surface area contributed by atoms with Crippen LogP contribution < -0.4 is 5.32 Å². The number of thiophene rings is 1. The Balaban J connectivity index is 1.50. The second kappa shape index (κ2) is 7.96. The number of fused-ring (bicyclic) bond motifs is 1. The SMILES string of the molecule is CC(C)c1ccc2cc(C(=O)Nc3ccc(C4(C#N)CCC(=O)CC4)nc3)sc2n1. The predicted octanol–water partition coefficient (Wildman–Crippen LogP) is 4.97. The molecule has 1 saturated carbocycles. The third-order valence-corrected chi connectivity index (χ3v) is 6.65. The van der Waals surface area contributed by atoms with Crippen LogP contribution in [0.15, 0.2) is 36.5 Å². The highest BCUT2D eigenvalue weighted by Crippen LogP contribution is 2.37. The Morgan fingerprint density at radius 3 is 2.63 bits per heavy atom. The van der Waals surface area contributed by atoms with Gasteiger partial charge in [-0.3, -0.25) is 14.6 Å². The van der Waals surface area contributed by atoms with Crippen molar-refractivity contribution in [3.63, 3.8) is 0 Å². The van der Waals surface area contributed by atoms with Gasteiger partial charge in [-0.1, -0.05) is 19.9 Å². The summed E-state index contributed by atoms with van der Waals surface area (Å²) in [7, 11) is 0. The van der Waals surface area contributed by atoms with E-state index >= 15 is 0 Å². The van der Waals surface area contributed by atoms with Crippen LogP contribution in [0.25, 0.3) is 10.2 Å². The number of nitrogens with one attached hydrogen (secondary N) is 1. The highest BCUT2D eigenvalue weighted by Gasteiger charge is 2.37. The van der Waals surface area contributed by atoms with Gasteiger partial charge in [-0.25, -0.2) is 4.98 Å². The molecule has 7 heteroatoms. The Morgan fingerprint density at radius 2 is 2.00 bits per heavy atom. The fourth-order valence-corrected chi connectivity index (χ4v) is 4.62. The molecule has 30 heavy (non-hydrogen) atoms. The van der Waals surface area contributed by atoms with Crippen molar-refractivity contribution in [2.75, 3.05) is 5.32 Å². The summed E-state index contributed by atoms with van der Waals surface area (Å²) in [6.45, 7) is 4.18. The van der Waals surface area contributed by atoms with Crippen LogP contribution in [0.5, 0.6) is 0 Å². The maximum Gasteiger partial charge on any atom is 0.265 e. The number of nitriles is 1. The average molecular weight is 419 g/mol. The number of nitrogens with zero attached hydrogens (tertiary/aromatic N) is 3. The van der Waals surface area contributed by atoms with Crippen LogP contribution in [0.4, 0.5) is 5.69 Å². The van der Waals surface area contributed by atoms with Crippen LogP contribution in [-0.2, 0) is 10.2 Å². The maximum atomic E-state index is 12.7. The van der Waals surface area contributed by atoms with Gasteiger partial charge in [0, 0.05) is 23.9 Å². The van der Waals surface area contributed by atoms with Crippen LogP contribution in [0.1, 0.15) is 66.5 Å². The maximum absolute atomic E-state index is 12.7. The molecule has 3 aromatic rings. The van der Waals surface area contributed by atoms with E-state index in [1.165, 1.54) is 11.3 Å². The van der Waals surface area contributed by atoms with Gasteiger partial charge in [0.1, 0.15) is 16.0 Å². The smallest absolute Gasteiger partial charge is 0.265 e. The standard InChI is InChI=1S/C23H22N4O2S/c1-14(2)18-5-3-15-11-19(30-22(15)27-18)21(29)26-16-4-6-20(25-12-16)23(13-24)9-7-17(28)8-10-23/h3-6,11-12,14H,7-10H2,1-2H3,(H,26,29). The molecule has 1 aliphatic rings. The molecule has 0 spiro atoms. The molecule has 0 aromatic carbocycles. The van der Waals surface area contributed by atoms with Gasteiger partial charge in [0.25, 0.3) is 5.91 Å². The van der Waals surface area contributed by atoms with Gasteiger partial charge >= 0.3 is 0 Å². The van der Waals surface area contributed by atoms with Crippen LogP contribution in [0, 0.1) is 11.3 Å². The lowest BCUT2D eigenvalue weighted by Crippen LogP contribution is -2.31. The van der Waals surface area contributed by atoms with Crippen LogP contribution in [0.3, 0.4) is 0 Å². The van der Waals surface area contributed by atoms with Crippen LogP contribution in [-0.4, -0.2) is 21.7 Å². The van der Waals surface area contributed by atoms with E-state index in [9.17, 15) is 14.9 Å². The minimum absolute atomic E-state index is 0.197. The first-order valence-electron chi connectivity index (χ1n) is 10.0. The summed E-state index contributed by atoms with van der Waals surface area (Å²) in [4.78, 5) is 34.8. The Kier molecular flexibility index (Phi) is 5.35. The fourth-order valence-electron chi connectivity index (χ4n) is 3.69. The Hall–Kier alpha value is -3.11. The molecule has 1 amide bonds. The number of Topliss-reactive ketones (excluding diaryl/α,β-unsaturated/α-hetero) is 1. The Labute approximate surface area is 179 Å². The summed E-state index contributed by atoms with van der Waals surface area (Å²) < 4.78 is 0. The topological polar surface area (TPSA) is 95.7 Å². The summed E-state index contributed by atoms with van der Waals surface area (Å²) in [5.74, 6) is 0.317. The van der Waals surface area contributed by atoms with Crippen molar-refractivity contribution < 1.29 is 9.59 Å². The number of amides is 1. The zero-order valence-electron chi connectivity index (χ0n) is 16.9. The molecule has 4 rings (SSSR count). The number of carbonyl (C=O) groups is 2. The van der Waals surface area contributed by atoms with Gasteiger partial charge in [0.15, 0.2) is 0 Å². The van der Waals surface area contributed by atoms with Gasteiger partial charge in [-0.2, -0.15) is 5.26 Å². The largest absolute Gasteiger partial charge is 0.320 e. The monoisotopic (exact) mass is 418 g/mol. The van der Waals surface area contributed by atoms with Crippen LogP contribution >= 0.6 is 11.3 Å². The molecule has 6 nitrogen and oxygen atoms in total. The van der Waals surface area contributed by atoms with E-state index in [0.717, 1.165) is 15.9 Å². The highest BCUT2D eigenvalue weighted by atomic mass is 32.1. The third-order valence-electron chi connectivity index (χ3n) is 5.61. The lowest BCUT2D eigenvalue weighted by Gasteiger charge is -2.29. The lowest BCUT2D eigenvalue weighted by atomic mass is 9.72. The molecule has 1 aliphatic carbocycles. The summed E-state index contributed by atoms with van der Waals surface area (Å²) in [5, 5.41) is 13.5. The normalized spacial score (nSPS) is 15.9. The second-order valence-electron chi connectivity index (χ2n) is 8.01. The minimum Gasteiger partial charge on any atom is -0.320 e. The molecule has 0 unspecified atom stereocenters. The highest BCUT2D eigenvalue weighted by molar-refractivity contribution is 7.20. The molecule has 0 saturated heterocycles. The number of aromatic nitrogens is 2. The van der Waals surface area contributed by atoms with Gasteiger partial charge in [0.05, 0.1) is 28.5 Å². The van der Waals surface area contributed by atoms with Gasteiger partial charge in [-0.15, -0.1) is 11.3 Å². The molecule has 0 atom stereocenters. The van der Waals surface area contributed by atoms with Gasteiger partial charge in [0.2, 0.25) is 0 Å². The molecule has 3 heterocycles. The molecule has 1 N–H and O–H groups in total. The van der Waals surface area contributed by atoms with E-state index in [1.54, 1.807) is 18.3 Å². The summed E-state index contributed by atoms with van der Waals surface area (Å²) >= 11 is 1.37. The number of hydrogen-bond acceptors (Lipinski definition) is 6. The summed E-state index contributed by atoms with van der Waals surface area (Å²) in [6, 6.07) is 11.7. The first kappa shape index (κ1) is 20.2. The molecule has 0 aliphatic heterocycles. The average Bonchev–Trinajstić information content (AvgIpc) is 3.19. The van der Waals surface area contributed by atoms with E-state index < -0.39 is 5.41 Å². The van der Waals surface area contributed by atoms with Crippen molar-refractivity contribution in [1.29, 1.82) is 5.26 Å². The Morgan fingerprint density at radius 1 is 1.23 bits per heavy atom. The number of hydrogen-bond donors (Lipinski definition) is 1. The van der Waals surface area contributed by atoms with E-state index in [1.807, 2.05) is 18.2 Å². The Bertz CT molecular complexity index is 1150. The number of rotatable bonds is 4. The molecule has 0 radical (unpaired) electrons. The van der Waals surface area contributed by atoms with Crippen molar-refractivity contribution in [1.82, 2.24) is 9.97 Å². The van der Waals surface area contributed by atoms with E-state index in [-0.39, 0.29) is 11.7 Å². The first-order valence-corrected chi connectivity index (χ1v) is 10.8. The van der Waals surface area contributed by atoms with Crippen molar-refractivity contribution in [3.8, 4) is 6.07 Å². The van der Waals surface area contributed by atoms with Crippen molar-refractivity contribution in [3.05, 3.63) is 52.8 Å². The van der Waals surface area contributed by atoms with Crippen molar-refractivity contribution in [2.24, 2.45) is 0 Å².